The molecule has 0 fully saturated rings. The van der Waals surface area contributed by atoms with Gasteiger partial charge in [0.1, 0.15) is 22.3 Å². The van der Waals surface area contributed by atoms with Crippen molar-refractivity contribution in [3.05, 3.63) is 200 Å². The lowest BCUT2D eigenvalue weighted by Crippen LogP contribution is -2.07. The summed E-state index contributed by atoms with van der Waals surface area (Å²) in [6, 6.07) is 69.6. The van der Waals surface area contributed by atoms with Gasteiger partial charge in [-0.2, -0.15) is 9.97 Å². The van der Waals surface area contributed by atoms with Crippen molar-refractivity contribution in [3.63, 3.8) is 0 Å². The van der Waals surface area contributed by atoms with Gasteiger partial charge in [0.25, 0.3) is 0 Å². The second-order valence-electron chi connectivity index (χ2n) is 16.3. The van der Waals surface area contributed by atoms with Crippen LogP contribution in [0.4, 0.5) is 0 Å². The van der Waals surface area contributed by atoms with Gasteiger partial charge >= 0.3 is 0 Å². The van der Waals surface area contributed by atoms with Gasteiger partial charge in [0.2, 0.25) is 5.95 Å². The molecule has 9 aromatic carbocycles. The van der Waals surface area contributed by atoms with E-state index in [0.717, 1.165) is 115 Å². The number of rotatable bonds is 5. The lowest BCUT2D eigenvalue weighted by Gasteiger charge is -2.14. The van der Waals surface area contributed by atoms with Crippen molar-refractivity contribution in [2.45, 2.75) is 0 Å². The van der Waals surface area contributed by atoms with Gasteiger partial charge in [0, 0.05) is 60.3 Å². The summed E-state index contributed by atoms with van der Waals surface area (Å²) < 4.78 is 17.7. The molecule has 0 bridgehead atoms. The van der Waals surface area contributed by atoms with E-state index >= 15 is 0 Å². The highest BCUT2D eigenvalue weighted by Crippen LogP contribution is 2.45. The molecule has 0 aliphatic rings. The van der Waals surface area contributed by atoms with Crippen LogP contribution in [0.1, 0.15) is 0 Å². The fourth-order valence-corrected chi connectivity index (χ4v) is 10.1. The first-order chi connectivity index (χ1) is 31.7. The summed E-state index contributed by atoms with van der Waals surface area (Å²) >= 11 is 0. The van der Waals surface area contributed by atoms with Gasteiger partial charge in [-0.1, -0.05) is 158 Å². The van der Waals surface area contributed by atoms with Gasteiger partial charge in [-0.15, -0.1) is 0 Å². The normalized spacial score (nSPS) is 12.1. The summed E-state index contributed by atoms with van der Waals surface area (Å²) in [6.07, 6.45) is 0. The largest absolute Gasteiger partial charge is 0.456 e. The summed E-state index contributed by atoms with van der Waals surface area (Å²) in [4.78, 5) is 16.1. The molecule has 0 radical (unpaired) electrons. The van der Waals surface area contributed by atoms with E-state index in [9.17, 15) is 0 Å². The zero-order valence-electron chi connectivity index (χ0n) is 34.1. The number of para-hydroxylation sites is 4. The van der Waals surface area contributed by atoms with E-state index in [2.05, 4.69) is 149 Å². The SMILES string of the molecule is c1ccc(-c2nc(-c3cccc4oc5ccccc5c34)nc(-n3c4ccccc4c4ccc5c6ccccc6n(-c6cc(-c7ccccc7)c7c(c6)oc6ccccc67)c5c43)n2)cc1. The summed E-state index contributed by atoms with van der Waals surface area (Å²) in [6.45, 7) is 0. The number of fused-ring (bicyclic) bond motifs is 13. The number of hydrogen-bond donors (Lipinski definition) is 0. The molecule has 0 spiro atoms. The molecular formula is C57H33N5O2. The van der Waals surface area contributed by atoms with Gasteiger partial charge < -0.3 is 13.4 Å². The molecule has 5 aromatic heterocycles. The molecule has 7 heteroatoms. The van der Waals surface area contributed by atoms with Crippen LogP contribution in [0.15, 0.2) is 209 Å². The molecule has 64 heavy (non-hydrogen) atoms. The highest BCUT2D eigenvalue weighted by Gasteiger charge is 2.25. The van der Waals surface area contributed by atoms with Gasteiger partial charge in [-0.3, -0.25) is 4.57 Å². The highest BCUT2D eigenvalue weighted by molar-refractivity contribution is 6.24. The fraction of sp³-hybridized carbons (Fsp3) is 0. The maximum atomic E-state index is 6.72. The van der Waals surface area contributed by atoms with Gasteiger partial charge in [-0.05, 0) is 47.5 Å². The molecule has 14 rings (SSSR count). The smallest absolute Gasteiger partial charge is 0.238 e. The van der Waals surface area contributed by atoms with Crippen LogP contribution in [0, 0.1) is 0 Å². The van der Waals surface area contributed by atoms with Crippen molar-refractivity contribution in [1.29, 1.82) is 0 Å². The monoisotopic (exact) mass is 819 g/mol. The van der Waals surface area contributed by atoms with Gasteiger partial charge in [0.05, 0.1) is 27.8 Å². The number of furan rings is 2. The zero-order chi connectivity index (χ0) is 41.9. The molecule has 298 valence electrons. The highest BCUT2D eigenvalue weighted by atomic mass is 16.3. The molecular weight excluding hydrogens is 787 g/mol. The minimum absolute atomic E-state index is 0.516. The van der Waals surface area contributed by atoms with Crippen LogP contribution in [0.3, 0.4) is 0 Å². The average Bonchev–Trinajstić information content (AvgIpc) is 4.12. The van der Waals surface area contributed by atoms with Crippen LogP contribution in [0.25, 0.3) is 133 Å². The number of hydrogen-bond acceptors (Lipinski definition) is 5. The first kappa shape index (κ1) is 34.9. The van der Waals surface area contributed by atoms with E-state index in [1.807, 2.05) is 60.7 Å². The Bertz CT molecular complexity index is 4200. The Balaban J connectivity index is 1.13. The van der Waals surface area contributed by atoms with Crippen molar-refractivity contribution >= 4 is 87.5 Å². The van der Waals surface area contributed by atoms with Crippen LogP contribution in [-0.2, 0) is 0 Å². The van der Waals surface area contributed by atoms with E-state index in [0.29, 0.717) is 17.6 Å². The molecule has 0 saturated heterocycles. The fourth-order valence-electron chi connectivity index (χ4n) is 10.1. The molecule has 0 amide bonds. The summed E-state index contributed by atoms with van der Waals surface area (Å²) in [7, 11) is 0. The average molecular weight is 820 g/mol. The molecule has 5 heterocycles. The Morgan fingerprint density at radius 1 is 0.328 bits per heavy atom. The van der Waals surface area contributed by atoms with Crippen LogP contribution in [-0.4, -0.2) is 24.1 Å². The maximum absolute atomic E-state index is 6.72. The lowest BCUT2D eigenvalue weighted by atomic mass is 9.98. The molecule has 0 aliphatic carbocycles. The van der Waals surface area contributed by atoms with E-state index in [1.54, 1.807) is 0 Å². The van der Waals surface area contributed by atoms with E-state index in [1.165, 1.54) is 0 Å². The Morgan fingerprint density at radius 3 is 1.53 bits per heavy atom. The van der Waals surface area contributed by atoms with Crippen molar-refractivity contribution in [2.24, 2.45) is 0 Å². The minimum atomic E-state index is 0.516. The number of benzene rings is 9. The number of aromatic nitrogens is 5. The van der Waals surface area contributed by atoms with Crippen LogP contribution in [0.2, 0.25) is 0 Å². The predicted molar refractivity (Wildman–Crippen MR) is 259 cm³/mol. The lowest BCUT2D eigenvalue weighted by molar-refractivity contribution is 0.668. The van der Waals surface area contributed by atoms with Crippen molar-refractivity contribution in [2.75, 3.05) is 0 Å². The molecule has 7 nitrogen and oxygen atoms in total. The molecule has 0 saturated carbocycles. The molecule has 0 unspecified atom stereocenters. The van der Waals surface area contributed by atoms with Crippen molar-refractivity contribution in [1.82, 2.24) is 24.1 Å². The Hall–Kier alpha value is -8.81. The van der Waals surface area contributed by atoms with E-state index in [4.69, 9.17) is 23.8 Å². The maximum Gasteiger partial charge on any atom is 0.238 e. The molecule has 0 N–H and O–H groups in total. The topological polar surface area (TPSA) is 74.8 Å². The third-order valence-electron chi connectivity index (χ3n) is 12.8. The van der Waals surface area contributed by atoms with Crippen molar-refractivity contribution < 1.29 is 8.83 Å². The second kappa shape index (κ2) is 13.3. The molecule has 14 aromatic rings. The van der Waals surface area contributed by atoms with Crippen LogP contribution < -0.4 is 0 Å². The summed E-state index contributed by atoms with van der Waals surface area (Å²) in [5, 5.41) is 8.60. The first-order valence-electron chi connectivity index (χ1n) is 21.4. The van der Waals surface area contributed by atoms with E-state index < -0.39 is 0 Å². The molecule has 0 aliphatic heterocycles. The summed E-state index contributed by atoms with van der Waals surface area (Å²) in [5.41, 5.74) is 12.3. The number of nitrogens with zero attached hydrogens (tertiary/aromatic N) is 5. The predicted octanol–water partition coefficient (Wildman–Crippen LogP) is 14.9. The zero-order valence-corrected chi connectivity index (χ0v) is 34.1. The third kappa shape index (κ3) is 5.00. The van der Waals surface area contributed by atoms with E-state index in [-0.39, 0.29) is 0 Å². The second-order valence-corrected chi connectivity index (χ2v) is 16.3. The quantitative estimate of drug-likeness (QED) is 0.173. The minimum Gasteiger partial charge on any atom is -0.456 e. The Kier molecular flexibility index (Phi) is 7.27. The van der Waals surface area contributed by atoms with Crippen LogP contribution >= 0.6 is 0 Å². The Morgan fingerprint density at radius 2 is 0.844 bits per heavy atom. The van der Waals surface area contributed by atoms with Crippen molar-refractivity contribution in [3.8, 4) is 45.5 Å². The summed E-state index contributed by atoms with van der Waals surface area (Å²) in [5.74, 6) is 1.65. The Labute approximate surface area is 364 Å². The van der Waals surface area contributed by atoms with Gasteiger partial charge in [0.15, 0.2) is 11.6 Å². The standard InChI is InChI=1S/C57H33N5O2/c1-3-16-34(17-4-1)44-32-36(33-50-52(44)42-23-10-14-28-48(42)64-50)61-45-25-11-7-20-37(45)39-30-31-40-38-21-8-12-26-46(38)62(54(40)53(39)61)57-59-55(35-18-5-2-6-19-35)58-56(60-57)43-24-15-29-49-51(43)41-22-9-13-27-47(41)63-49/h1-33H. The van der Waals surface area contributed by atoms with Gasteiger partial charge in [-0.25, -0.2) is 4.98 Å². The first-order valence-corrected chi connectivity index (χ1v) is 21.4. The molecule has 0 atom stereocenters. The third-order valence-corrected chi connectivity index (χ3v) is 12.8. The van der Waals surface area contributed by atoms with Crippen LogP contribution in [0.5, 0.6) is 0 Å².